The minimum Gasteiger partial charge on any atom is -0.489 e. The number of hydrogen-bond donors (Lipinski definition) is 1. The predicted octanol–water partition coefficient (Wildman–Crippen LogP) is 4.69. The van der Waals surface area contributed by atoms with Crippen molar-refractivity contribution in [1.82, 2.24) is 5.43 Å². The SMILES string of the molecule is C#CCOc1ccccc1/C=N/NC(=O)c1ccc(OCc2ccc(Cl)cc2)cc1. The minimum atomic E-state index is -0.336. The van der Waals surface area contributed by atoms with Crippen LogP contribution in [0, 0.1) is 12.3 Å². The summed E-state index contributed by atoms with van der Waals surface area (Å²) >= 11 is 5.87. The van der Waals surface area contributed by atoms with E-state index in [1.165, 1.54) is 6.21 Å². The summed E-state index contributed by atoms with van der Waals surface area (Å²) in [5, 5.41) is 4.67. The first kappa shape index (κ1) is 21.0. The van der Waals surface area contributed by atoms with Crippen LogP contribution in [0.15, 0.2) is 77.9 Å². The molecule has 6 heteroatoms. The molecule has 150 valence electrons. The summed E-state index contributed by atoms with van der Waals surface area (Å²) < 4.78 is 11.2. The Kier molecular flexibility index (Phi) is 7.48. The van der Waals surface area contributed by atoms with Crippen molar-refractivity contribution >= 4 is 23.7 Å². The van der Waals surface area contributed by atoms with Crippen molar-refractivity contribution in [1.29, 1.82) is 0 Å². The maximum absolute atomic E-state index is 12.3. The van der Waals surface area contributed by atoms with E-state index in [-0.39, 0.29) is 12.5 Å². The third-order valence-electron chi connectivity index (χ3n) is 4.04. The highest BCUT2D eigenvalue weighted by Crippen LogP contribution is 2.17. The first-order chi connectivity index (χ1) is 14.7. The highest BCUT2D eigenvalue weighted by Gasteiger charge is 2.05. The molecule has 0 radical (unpaired) electrons. The van der Waals surface area contributed by atoms with Crippen molar-refractivity contribution in [3.8, 4) is 23.8 Å². The number of ether oxygens (including phenoxy) is 2. The average Bonchev–Trinajstić information content (AvgIpc) is 2.78. The number of rotatable bonds is 8. The molecular formula is C24H19ClN2O3. The molecule has 0 bridgehead atoms. The topological polar surface area (TPSA) is 59.9 Å². The van der Waals surface area contributed by atoms with Gasteiger partial charge in [0.25, 0.3) is 5.91 Å². The second-order valence-electron chi connectivity index (χ2n) is 6.17. The smallest absolute Gasteiger partial charge is 0.271 e. The van der Waals surface area contributed by atoms with Gasteiger partial charge in [0.05, 0.1) is 6.21 Å². The predicted molar refractivity (Wildman–Crippen MR) is 118 cm³/mol. The van der Waals surface area contributed by atoms with Crippen LogP contribution in [0.3, 0.4) is 0 Å². The van der Waals surface area contributed by atoms with E-state index in [9.17, 15) is 4.79 Å². The lowest BCUT2D eigenvalue weighted by molar-refractivity contribution is 0.0955. The quantitative estimate of drug-likeness (QED) is 0.328. The van der Waals surface area contributed by atoms with Crippen molar-refractivity contribution in [2.75, 3.05) is 6.61 Å². The van der Waals surface area contributed by atoms with Crippen LogP contribution in [-0.2, 0) is 6.61 Å². The molecule has 3 aromatic carbocycles. The van der Waals surface area contributed by atoms with Gasteiger partial charge in [-0.2, -0.15) is 5.10 Å². The van der Waals surface area contributed by atoms with Crippen LogP contribution in [0.1, 0.15) is 21.5 Å². The number of carbonyl (C=O) groups is 1. The van der Waals surface area contributed by atoms with Gasteiger partial charge in [0.2, 0.25) is 0 Å². The van der Waals surface area contributed by atoms with E-state index in [4.69, 9.17) is 27.5 Å². The Balaban J connectivity index is 1.54. The molecule has 3 aromatic rings. The summed E-state index contributed by atoms with van der Waals surface area (Å²) in [6, 6.07) is 21.5. The third-order valence-corrected chi connectivity index (χ3v) is 4.29. The molecule has 0 aliphatic heterocycles. The molecule has 1 amide bonds. The standard InChI is InChI=1S/C24H19ClN2O3/c1-2-15-29-23-6-4-3-5-20(23)16-26-27-24(28)19-9-13-22(14-10-19)30-17-18-7-11-21(25)12-8-18/h1,3-14,16H,15,17H2,(H,27,28)/b26-16+. The monoisotopic (exact) mass is 418 g/mol. The Labute approximate surface area is 180 Å². The Hall–Kier alpha value is -3.75. The van der Waals surface area contributed by atoms with Crippen molar-refractivity contribution in [3.63, 3.8) is 0 Å². The third kappa shape index (κ3) is 6.13. The normalized spacial score (nSPS) is 10.4. The zero-order valence-electron chi connectivity index (χ0n) is 16.0. The number of amides is 1. The fraction of sp³-hybridized carbons (Fsp3) is 0.0833. The number of nitrogens with one attached hydrogen (secondary N) is 1. The molecule has 0 aliphatic carbocycles. The molecule has 30 heavy (non-hydrogen) atoms. The zero-order valence-corrected chi connectivity index (χ0v) is 16.8. The molecule has 3 rings (SSSR count). The molecule has 0 aromatic heterocycles. The molecule has 0 aliphatic rings. The van der Waals surface area contributed by atoms with Crippen LogP contribution in [0.5, 0.6) is 11.5 Å². The van der Waals surface area contributed by atoms with E-state index >= 15 is 0 Å². The molecule has 0 spiro atoms. The maximum Gasteiger partial charge on any atom is 0.271 e. The Morgan fingerprint density at radius 2 is 1.77 bits per heavy atom. The number of hydrazone groups is 1. The highest BCUT2D eigenvalue weighted by atomic mass is 35.5. The second-order valence-corrected chi connectivity index (χ2v) is 6.61. The Morgan fingerprint density at radius 3 is 2.50 bits per heavy atom. The second kappa shape index (κ2) is 10.7. The van der Waals surface area contributed by atoms with Crippen LogP contribution >= 0.6 is 11.6 Å². The van der Waals surface area contributed by atoms with Gasteiger partial charge in [-0.3, -0.25) is 4.79 Å². The molecule has 0 saturated heterocycles. The summed E-state index contributed by atoms with van der Waals surface area (Å²) in [4.78, 5) is 12.3. The maximum atomic E-state index is 12.3. The molecule has 0 atom stereocenters. The van der Waals surface area contributed by atoms with E-state index in [1.54, 1.807) is 30.3 Å². The van der Waals surface area contributed by atoms with Crippen LogP contribution in [0.4, 0.5) is 0 Å². The van der Waals surface area contributed by atoms with Gasteiger partial charge in [-0.25, -0.2) is 5.43 Å². The van der Waals surface area contributed by atoms with Gasteiger partial charge < -0.3 is 9.47 Å². The number of carbonyl (C=O) groups excluding carboxylic acids is 1. The highest BCUT2D eigenvalue weighted by molar-refractivity contribution is 6.30. The van der Waals surface area contributed by atoms with E-state index in [2.05, 4.69) is 16.4 Å². The van der Waals surface area contributed by atoms with Crippen LogP contribution in [0.25, 0.3) is 0 Å². The van der Waals surface area contributed by atoms with Crippen LogP contribution in [-0.4, -0.2) is 18.7 Å². The lowest BCUT2D eigenvalue weighted by Gasteiger charge is -2.07. The Morgan fingerprint density at radius 1 is 1.03 bits per heavy atom. The fourth-order valence-corrected chi connectivity index (χ4v) is 2.64. The van der Waals surface area contributed by atoms with Crippen molar-refractivity contribution in [3.05, 3.63) is 94.5 Å². The number of hydrogen-bond acceptors (Lipinski definition) is 4. The first-order valence-corrected chi connectivity index (χ1v) is 9.49. The number of nitrogens with zero attached hydrogens (tertiary/aromatic N) is 1. The van der Waals surface area contributed by atoms with Gasteiger partial charge in [-0.1, -0.05) is 41.8 Å². The van der Waals surface area contributed by atoms with E-state index in [0.717, 1.165) is 5.56 Å². The van der Waals surface area contributed by atoms with E-state index in [1.807, 2.05) is 42.5 Å². The molecule has 0 saturated carbocycles. The molecule has 1 N–H and O–H groups in total. The average molecular weight is 419 g/mol. The summed E-state index contributed by atoms with van der Waals surface area (Å²) in [6.07, 6.45) is 6.72. The van der Waals surface area contributed by atoms with E-state index in [0.29, 0.717) is 34.3 Å². The molecule has 0 heterocycles. The van der Waals surface area contributed by atoms with Gasteiger partial charge in [0.1, 0.15) is 24.7 Å². The number of halogens is 1. The number of benzene rings is 3. The number of terminal acetylenes is 1. The molecular weight excluding hydrogens is 400 g/mol. The van der Waals surface area contributed by atoms with Gasteiger partial charge >= 0.3 is 0 Å². The largest absolute Gasteiger partial charge is 0.489 e. The van der Waals surface area contributed by atoms with E-state index < -0.39 is 0 Å². The van der Waals surface area contributed by atoms with Gasteiger partial charge in [-0.15, -0.1) is 6.42 Å². The molecule has 0 fully saturated rings. The first-order valence-electron chi connectivity index (χ1n) is 9.12. The Bertz CT molecular complexity index is 1060. The number of para-hydroxylation sites is 1. The van der Waals surface area contributed by atoms with Crippen LogP contribution in [0.2, 0.25) is 5.02 Å². The van der Waals surface area contributed by atoms with Gasteiger partial charge in [0, 0.05) is 16.1 Å². The molecule has 0 unspecified atom stereocenters. The lowest BCUT2D eigenvalue weighted by atomic mass is 10.2. The minimum absolute atomic E-state index is 0.156. The zero-order chi connectivity index (χ0) is 21.2. The van der Waals surface area contributed by atoms with Gasteiger partial charge in [0.15, 0.2) is 0 Å². The van der Waals surface area contributed by atoms with Crippen molar-refractivity contribution < 1.29 is 14.3 Å². The summed E-state index contributed by atoms with van der Waals surface area (Å²) in [5.41, 5.74) is 4.66. The van der Waals surface area contributed by atoms with Crippen molar-refractivity contribution in [2.45, 2.75) is 6.61 Å². The van der Waals surface area contributed by atoms with Crippen LogP contribution < -0.4 is 14.9 Å². The van der Waals surface area contributed by atoms with Gasteiger partial charge in [-0.05, 0) is 54.1 Å². The summed E-state index contributed by atoms with van der Waals surface area (Å²) in [7, 11) is 0. The fourth-order valence-electron chi connectivity index (χ4n) is 2.51. The van der Waals surface area contributed by atoms with Crippen molar-refractivity contribution in [2.24, 2.45) is 5.10 Å². The summed E-state index contributed by atoms with van der Waals surface area (Å²) in [6.45, 7) is 0.567. The molecule has 5 nitrogen and oxygen atoms in total. The lowest BCUT2D eigenvalue weighted by Crippen LogP contribution is -2.17. The summed E-state index contributed by atoms with van der Waals surface area (Å²) in [5.74, 6) is 3.33.